The maximum atomic E-state index is 13.1. The fourth-order valence-corrected chi connectivity index (χ4v) is 4.96. The topological polar surface area (TPSA) is 76.2 Å². The average Bonchev–Trinajstić information content (AvgIpc) is 3.35. The lowest BCUT2D eigenvalue weighted by Crippen LogP contribution is -2.58. The van der Waals surface area contributed by atoms with Gasteiger partial charge in [0.05, 0.1) is 19.1 Å². The fourth-order valence-electron chi connectivity index (χ4n) is 4.96. The fraction of sp³-hybridized carbons (Fsp3) is 0.625. The summed E-state index contributed by atoms with van der Waals surface area (Å²) in [6.45, 7) is 6.59. The van der Waals surface area contributed by atoms with Gasteiger partial charge in [0.1, 0.15) is 0 Å². The lowest BCUT2D eigenvalue weighted by molar-refractivity contribution is -0.142. The Morgan fingerprint density at radius 1 is 0.906 bits per heavy atom. The van der Waals surface area contributed by atoms with E-state index in [9.17, 15) is 14.4 Å². The molecule has 8 heteroatoms. The van der Waals surface area contributed by atoms with E-state index in [2.05, 4.69) is 27.2 Å². The number of nitrogens with zero attached hydrogens (tertiary/aromatic N) is 4. The molecular weight excluding hydrogens is 406 g/mol. The molecule has 1 aromatic rings. The molecule has 0 saturated carbocycles. The van der Waals surface area contributed by atoms with Crippen LogP contribution in [0.1, 0.15) is 31.2 Å². The van der Waals surface area contributed by atoms with Crippen molar-refractivity contribution in [1.82, 2.24) is 24.9 Å². The molecule has 0 radical (unpaired) electrons. The number of hydrogen-bond acceptors (Lipinski definition) is 5. The van der Waals surface area contributed by atoms with Crippen LogP contribution < -0.4 is 5.32 Å². The van der Waals surface area contributed by atoms with Gasteiger partial charge in [-0.05, 0) is 31.2 Å². The molecule has 0 spiro atoms. The highest BCUT2D eigenvalue weighted by atomic mass is 16.2. The first-order chi connectivity index (χ1) is 15.6. The Balaban J connectivity index is 1.19. The van der Waals surface area contributed by atoms with Gasteiger partial charge in [0, 0.05) is 52.4 Å². The molecule has 32 heavy (non-hydrogen) atoms. The SMILES string of the molecule is O=C(CN1CCN([C@@H]2CCCN(Cc3ccccc3)C2=O)CC1)NCC(=O)N1CCCC1. The Morgan fingerprint density at radius 3 is 2.34 bits per heavy atom. The summed E-state index contributed by atoms with van der Waals surface area (Å²) < 4.78 is 0. The van der Waals surface area contributed by atoms with Crippen LogP contribution in [-0.4, -0.2) is 102 Å². The minimum absolute atomic E-state index is 0.0107. The zero-order chi connectivity index (χ0) is 22.3. The summed E-state index contributed by atoms with van der Waals surface area (Å²) in [5.41, 5.74) is 1.17. The van der Waals surface area contributed by atoms with Crippen molar-refractivity contribution in [3.63, 3.8) is 0 Å². The first-order valence-corrected chi connectivity index (χ1v) is 11.9. The Morgan fingerprint density at radius 2 is 1.62 bits per heavy atom. The molecule has 3 fully saturated rings. The molecule has 0 unspecified atom stereocenters. The first kappa shape index (κ1) is 22.7. The lowest BCUT2D eigenvalue weighted by Gasteiger charge is -2.42. The van der Waals surface area contributed by atoms with Crippen molar-refractivity contribution < 1.29 is 14.4 Å². The normalized spacial score (nSPS) is 22.9. The molecule has 3 saturated heterocycles. The Hall–Kier alpha value is -2.45. The second kappa shape index (κ2) is 10.9. The third-order valence-corrected chi connectivity index (χ3v) is 6.83. The Bertz CT molecular complexity index is 788. The minimum atomic E-state index is -0.103. The van der Waals surface area contributed by atoms with Crippen LogP contribution in [0.2, 0.25) is 0 Å². The van der Waals surface area contributed by atoms with Crippen LogP contribution in [0, 0.1) is 0 Å². The molecule has 0 bridgehead atoms. The van der Waals surface area contributed by atoms with Gasteiger partial charge in [-0.2, -0.15) is 0 Å². The van der Waals surface area contributed by atoms with Crippen molar-refractivity contribution >= 4 is 17.7 Å². The standard InChI is InChI=1S/C24H35N5O3/c30-22(25-17-23(31)28-10-4-5-11-28)19-26-13-15-27(16-14-26)21-9-6-12-29(24(21)32)18-20-7-2-1-3-8-20/h1-3,7-8,21H,4-6,9-19H2,(H,25,30)/t21-/m1/s1. The van der Waals surface area contributed by atoms with Crippen LogP contribution in [0.15, 0.2) is 30.3 Å². The van der Waals surface area contributed by atoms with E-state index >= 15 is 0 Å². The summed E-state index contributed by atoms with van der Waals surface area (Å²) in [4.78, 5) is 45.7. The molecule has 1 N–H and O–H groups in total. The van der Waals surface area contributed by atoms with E-state index in [1.165, 1.54) is 5.56 Å². The number of hydrogen-bond donors (Lipinski definition) is 1. The molecular formula is C24H35N5O3. The number of likely N-dealkylation sites (tertiary alicyclic amines) is 2. The Kier molecular flexibility index (Phi) is 7.76. The average molecular weight is 442 g/mol. The van der Waals surface area contributed by atoms with Crippen LogP contribution >= 0.6 is 0 Å². The number of rotatable bonds is 7. The third kappa shape index (κ3) is 5.86. The molecule has 1 aromatic carbocycles. The molecule has 3 aliphatic heterocycles. The van der Waals surface area contributed by atoms with Crippen LogP contribution in [0.4, 0.5) is 0 Å². The summed E-state index contributed by atoms with van der Waals surface area (Å²) in [7, 11) is 0. The lowest BCUT2D eigenvalue weighted by atomic mass is 10.0. The zero-order valence-corrected chi connectivity index (χ0v) is 18.9. The van der Waals surface area contributed by atoms with Gasteiger partial charge in [-0.3, -0.25) is 24.2 Å². The highest BCUT2D eigenvalue weighted by Gasteiger charge is 2.35. The van der Waals surface area contributed by atoms with Gasteiger partial charge in [0.25, 0.3) is 0 Å². The number of amides is 3. The summed E-state index contributed by atoms with van der Waals surface area (Å²) in [5, 5.41) is 2.77. The highest BCUT2D eigenvalue weighted by molar-refractivity contribution is 5.85. The van der Waals surface area contributed by atoms with E-state index in [1.54, 1.807) is 0 Å². The van der Waals surface area contributed by atoms with Crippen molar-refractivity contribution in [2.75, 3.05) is 58.9 Å². The van der Waals surface area contributed by atoms with E-state index < -0.39 is 0 Å². The molecule has 0 aromatic heterocycles. The van der Waals surface area contributed by atoms with E-state index in [1.807, 2.05) is 28.0 Å². The van der Waals surface area contributed by atoms with E-state index in [-0.39, 0.29) is 30.3 Å². The first-order valence-electron chi connectivity index (χ1n) is 11.9. The van der Waals surface area contributed by atoms with Crippen LogP contribution in [0.25, 0.3) is 0 Å². The van der Waals surface area contributed by atoms with Gasteiger partial charge in [0.2, 0.25) is 17.7 Å². The van der Waals surface area contributed by atoms with Gasteiger partial charge in [-0.1, -0.05) is 30.3 Å². The largest absolute Gasteiger partial charge is 0.346 e. The molecule has 3 amide bonds. The van der Waals surface area contributed by atoms with Crippen molar-refractivity contribution in [3.8, 4) is 0 Å². The van der Waals surface area contributed by atoms with Gasteiger partial charge >= 0.3 is 0 Å². The molecule has 3 heterocycles. The van der Waals surface area contributed by atoms with Crippen LogP contribution in [0.5, 0.6) is 0 Å². The molecule has 8 nitrogen and oxygen atoms in total. The third-order valence-electron chi connectivity index (χ3n) is 6.83. The molecule has 174 valence electrons. The van der Waals surface area contributed by atoms with Gasteiger partial charge in [-0.25, -0.2) is 0 Å². The van der Waals surface area contributed by atoms with Gasteiger partial charge in [0.15, 0.2) is 0 Å². The van der Waals surface area contributed by atoms with E-state index in [0.29, 0.717) is 13.1 Å². The predicted molar refractivity (Wildman–Crippen MR) is 122 cm³/mol. The van der Waals surface area contributed by atoms with Crippen molar-refractivity contribution in [1.29, 1.82) is 0 Å². The quantitative estimate of drug-likeness (QED) is 0.668. The maximum absolute atomic E-state index is 13.1. The second-order valence-corrected chi connectivity index (χ2v) is 9.08. The Labute approximate surface area is 190 Å². The summed E-state index contributed by atoms with van der Waals surface area (Å²) in [6.07, 6.45) is 4.04. The summed E-state index contributed by atoms with van der Waals surface area (Å²) >= 11 is 0. The number of nitrogens with one attached hydrogen (secondary N) is 1. The van der Waals surface area contributed by atoms with Crippen molar-refractivity contribution in [2.45, 2.75) is 38.3 Å². The van der Waals surface area contributed by atoms with E-state index in [4.69, 9.17) is 0 Å². The smallest absolute Gasteiger partial charge is 0.241 e. The molecule has 3 aliphatic rings. The maximum Gasteiger partial charge on any atom is 0.241 e. The van der Waals surface area contributed by atoms with Crippen LogP contribution in [0.3, 0.4) is 0 Å². The van der Waals surface area contributed by atoms with Gasteiger partial charge in [-0.15, -0.1) is 0 Å². The number of carbonyl (C=O) groups excluding carboxylic acids is 3. The summed E-state index contributed by atoms with van der Waals surface area (Å²) in [6, 6.07) is 10.1. The molecule has 4 rings (SSSR count). The number of piperazine rings is 1. The summed E-state index contributed by atoms with van der Waals surface area (Å²) in [5.74, 6) is 0.136. The number of benzene rings is 1. The number of piperidine rings is 1. The van der Waals surface area contributed by atoms with Crippen LogP contribution in [-0.2, 0) is 20.9 Å². The second-order valence-electron chi connectivity index (χ2n) is 9.08. The van der Waals surface area contributed by atoms with Gasteiger partial charge < -0.3 is 15.1 Å². The predicted octanol–water partition coefficient (Wildman–Crippen LogP) is 0.534. The van der Waals surface area contributed by atoms with Crippen molar-refractivity contribution in [2.24, 2.45) is 0 Å². The van der Waals surface area contributed by atoms with Crippen molar-refractivity contribution in [3.05, 3.63) is 35.9 Å². The molecule has 0 aliphatic carbocycles. The minimum Gasteiger partial charge on any atom is -0.346 e. The molecule has 1 atom stereocenters. The monoisotopic (exact) mass is 441 g/mol. The zero-order valence-electron chi connectivity index (χ0n) is 18.9. The number of carbonyl (C=O) groups is 3. The van der Waals surface area contributed by atoms with E-state index in [0.717, 1.165) is 71.5 Å². The highest BCUT2D eigenvalue weighted by Crippen LogP contribution is 2.21.